The number of nitrogens with zero attached hydrogens (tertiary/aromatic N) is 3. The van der Waals surface area contributed by atoms with Crippen molar-refractivity contribution in [2.45, 2.75) is 20.4 Å². The SMILES string of the molecule is Nc1nc(C(=NO)C(=O)NC2C(=O)N3CC(Sc4cc(=O)c5ccc(F)cc5s4)(C(=O)O)CS[C@H]23)cs1. The number of nitrogens with one attached hydrogen (secondary N) is 1. The number of aliphatic carboxylic acids is 1. The number of anilines is 1. The van der Waals surface area contributed by atoms with E-state index >= 15 is 0 Å². The van der Waals surface area contributed by atoms with Crippen LogP contribution in [0.4, 0.5) is 9.52 Å². The van der Waals surface area contributed by atoms with Crippen LogP contribution in [0.25, 0.3) is 10.1 Å². The predicted molar refractivity (Wildman–Crippen MR) is 139 cm³/mol. The number of rotatable bonds is 6. The average Bonchev–Trinajstić information content (AvgIpc) is 3.28. The lowest BCUT2D eigenvalue weighted by molar-refractivity contribution is -0.151. The molecular weight excluding hydrogens is 566 g/mol. The van der Waals surface area contributed by atoms with E-state index in [0.29, 0.717) is 14.3 Å². The van der Waals surface area contributed by atoms with Crippen molar-refractivity contribution in [1.82, 2.24) is 15.2 Å². The van der Waals surface area contributed by atoms with Gasteiger partial charge in [-0.05, 0) is 18.2 Å². The zero-order valence-electron chi connectivity index (χ0n) is 18.4. The zero-order chi connectivity index (χ0) is 26.5. The van der Waals surface area contributed by atoms with Gasteiger partial charge >= 0.3 is 5.97 Å². The Kier molecular flexibility index (Phi) is 6.59. The standard InChI is InChI=1S/C21H16FN5O6S4/c22-8-1-2-9-11(28)4-13(36-12(9)3-8)37-21(19(31)32)6-27-17(30)15(18(27)35-7-21)25-16(29)14(26-33)10-5-34-20(23)24-10/h1-5,15,18,33H,6-7H2,(H2,23,24)(H,25,29)(H,31,32)/t15?,18-,21?/m1/s1. The van der Waals surface area contributed by atoms with Crippen molar-refractivity contribution in [3.63, 3.8) is 0 Å². The summed E-state index contributed by atoms with van der Waals surface area (Å²) >= 11 is 4.26. The number of carboxylic acids is 1. The molecule has 3 aromatic rings. The van der Waals surface area contributed by atoms with Gasteiger partial charge in [0.1, 0.15) is 27.7 Å². The Bertz CT molecular complexity index is 1540. The molecule has 0 bridgehead atoms. The number of β-lactam (4-membered cyclic amide) rings is 1. The van der Waals surface area contributed by atoms with Gasteiger partial charge in [0.15, 0.2) is 16.3 Å². The third-order valence-corrected chi connectivity index (χ3v) is 10.7. The number of oxime groups is 1. The van der Waals surface area contributed by atoms with E-state index in [1.807, 2.05) is 0 Å². The number of aromatic nitrogens is 1. The fourth-order valence-corrected chi connectivity index (χ4v) is 8.92. The molecule has 2 aliphatic heterocycles. The quantitative estimate of drug-likeness (QED) is 0.145. The summed E-state index contributed by atoms with van der Waals surface area (Å²) in [6.07, 6.45) is 0. The second-order valence-electron chi connectivity index (χ2n) is 8.11. The number of hydrogen-bond acceptors (Lipinski definition) is 12. The largest absolute Gasteiger partial charge is 0.480 e. The van der Waals surface area contributed by atoms with E-state index < -0.39 is 45.5 Å². The fourth-order valence-electron chi connectivity index (χ4n) is 3.96. The van der Waals surface area contributed by atoms with Crippen molar-refractivity contribution < 1.29 is 29.1 Å². The molecular formula is C21H16FN5O6S4. The van der Waals surface area contributed by atoms with E-state index in [4.69, 9.17) is 5.73 Å². The molecule has 2 amide bonds. The second kappa shape index (κ2) is 9.59. The fraction of sp³-hybridized carbons (Fsp3) is 0.238. The van der Waals surface area contributed by atoms with Gasteiger partial charge in [0.05, 0.1) is 4.21 Å². The lowest BCUT2D eigenvalue weighted by Crippen LogP contribution is -2.74. The highest BCUT2D eigenvalue weighted by Gasteiger charge is 2.58. The molecule has 11 nitrogen and oxygen atoms in total. The number of carbonyl (C=O) groups is 3. The summed E-state index contributed by atoms with van der Waals surface area (Å²) in [6, 6.07) is 4.16. The van der Waals surface area contributed by atoms with E-state index in [1.165, 1.54) is 46.3 Å². The Hall–Kier alpha value is -3.21. The molecule has 192 valence electrons. The van der Waals surface area contributed by atoms with Crippen molar-refractivity contribution in [3.8, 4) is 0 Å². The summed E-state index contributed by atoms with van der Waals surface area (Å²) < 4.78 is 13.0. The minimum Gasteiger partial charge on any atom is -0.480 e. The van der Waals surface area contributed by atoms with Gasteiger partial charge in [0.2, 0.25) is 5.91 Å². The summed E-state index contributed by atoms with van der Waals surface area (Å²) in [5, 5.41) is 26.3. The Morgan fingerprint density at radius 3 is 2.78 bits per heavy atom. The van der Waals surface area contributed by atoms with Crippen LogP contribution in [0.3, 0.4) is 0 Å². The third kappa shape index (κ3) is 4.54. The van der Waals surface area contributed by atoms with Crippen molar-refractivity contribution in [1.29, 1.82) is 0 Å². The number of carboxylic acid groups (broad SMARTS) is 1. The predicted octanol–water partition coefficient (Wildman–Crippen LogP) is 1.63. The van der Waals surface area contributed by atoms with E-state index in [1.54, 1.807) is 0 Å². The van der Waals surface area contributed by atoms with Crippen molar-refractivity contribution in [3.05, 3.63) is 51.4 Å². The van der Waals surface area contributed by atoms with E-state index in [2.05, 4.69) is 15.5 Å². The van der Waals surface area contributed by atoms with Crippen LogP contribution in [-0.2, 0) is 14.4 Å². The van der Waals surface area contributed by atoms with Crippen molar-refractivity contribution in [2.24, 2.45) is 5.16 Å². The van der Waals surface area contributed by atoms with Crippen LogP contribution < -0.4 is 16.5 Å². The summed E-state index contributed by atoms with van der Waals surface area (Å²) in [4.78, 5) is 55.7. The first-order valence-electron chi connectivity index (χ1n) is 10.4. The molecule has 4 heterocycles. The van der Waals surface area contributed by atoms with Gasteiger partial charge in [0, 0.05) is 33.8 Å². The van der Waals surface area contributed by atoms with Gasteiger partial charge in [-0.3, -0.25) is 19.2 Å². The summed E-state index contributed by atoms with van der Waals surface area (Å²) in [6.45, 7) is -0.165. The molecule has 2 aliphatic rings. The van der Waals surface area contributed by atoms with Gasteiger partial charge in [-0.25, -0.2) is 9.37 Å². The minimum absolute atomic E-state index is 0.0537. The molecule has 0 saturated carbocycles. The number of thiazole rings is 1. The Labute approximate surface area is 223 Å². The number of nitrogen functional groups attached to an aromatic ring is 1. The first-order chi connectivity index (χ1) is 17.6. The maximum absolute atomic E-state index is 13.7. The van der Waals surface area contributed by atoms with Gasteiger partial charge in [-0.15, -0.1) is 34.4 Å². The lowest BCUT2D eigenvalue weighted by atomic mass is 10.0. The van der Waals surface area contributed by atoms with E-state index in [0.717, 1.165) is 34.4 Å². The van der Waals surface area contributed by atoms with Crippen molar-refractivity contribution >= 4 is 84.9 Å². The van der Waals surface area contributed by atoms with E-state index in [9.17, 15) is 33.9 Å². The number of halogens is 1. The third-order valence-electron chi connectivity index (χ3n) is 5.78. The maximum atomic E-state index is 13.7. The van der Waals surface area contributed by atoms with Crippen LogP contribution >= 0.6 is 46.2 Å². The molecule has 0 spiro atoms. The lowest BCUT2D eigenvalue weighted by Gasteiger charge is -2.53. The van der Waals surface area contributed by atoms with Crippen LogP contribution in [0.1, 0.15) is 5.69 Å². The number of amides is 2. The number of fused-ring (bicyclic) bond motifs is 2. The Morgan fingerprint density at radius 1 is 1.32 bits per heavy atom. The summed E-state index contributed by atoms with van der Waals surface area (Å²) in [7, 11) is 0. The topological polar surface area (TPSA) is 175 Å². The van der Waals surface area contributed by atoms with E-state index in [-0.39, 0.29) is 28.6 Å². The smallest absolute Gasteiger partial charge is 0.322 e. The highest BCUT2D eigenvalue weighted by Crippen LogP contribution is 2.47. The first-order valence-corrected chi connectivity index (χ1v) is 14.0. The highest BCUT2D eigenvalue weighted by molar-refractivity contribution is 8.06. The molecule has 37 heavy (non-hydrogen) atoms. The molecule has 2 saturated heterocycles. The van der Waals surface area contributed by atoms with Crippen LogP contribution in [0, 0.1) is 5.82 Å². The molecule has 5 N–H and O–H groups in total. The maximum Gasteiger partial charge on any atom is 0.322 e. The van der Waals surface area contributed by atoms with Crippen LogP contribution in [-0.4, -0.2) is 72.2 Å². The Balaban J connectivity index is 1.33. The molecule has 0 radical (unpaired) electrons. The summed E-state index contributed by atoms with van der Waals surface area (Å²) in [5.41, 5.74) is 4.85. The van der Waals surface area contributed by atoms with Crippen LogP contribution in [0.2, 0.25) is 0 Å². The second-order valence-corrected chi connectivity index (χ2v) is 12.9. The van der Waals surface area contributed by atoms with Gasteiger partial charge in [0.25, 0.3) is 5.91 Å². The van der Waals surface area contributed by atoms with Crippen LogP contribution in [0.15, 0.2) is 43.8 Å². The minimum atomic E-state index is -1.47. The van der Waals surface area contributed by atoms with Gasteiger partial charge < -0.3 is 26.3 Å². The molecule has 2 fully saturated rings. The normalized spacial score (nSPS) is 23.4. The summed E-state index contributed by atoms with van der Waals surface area (Å²) in [5.74, 6) is -2.94. The first kappa shape index (κ1) is 25.4. The number of hydrogen-bond donors (Lipinski definition) is 4. The number of nitrogens with two attached hydrogens (primary N) is 1. The average molecular weight is 582 g/mol. The molecule has 2 aromatic heterocycles. The zero-order valence-corrected chi connectivity index (χ0v) is 21.7. The molecule has 3 atom stereocenters. The molecule has 0 aliphatic carbocycles. The Morgan fingerprint density at radius 2 is 2.11 bits per heavy atom. The monoisotopic (exact) mass is 581 g/mol. The number of thioether (sulfide) groups is 2. The molecule has 2 unspecified atom stereocenters. The number of carbonyl (C=O) groups excluding carboxylic acids is 2. The highest BCUT2D eigenvalue weighted by atomic mass is 32.2. The van der Waals surface area contributed by atoms with Crippen molar-refractivity contribution in [2.75, 3.05) is 18.0 Å². The van der Waals surface area contributed by atoms with Crippen LogP contribution in [0.5, 0.6) is 0 Å². The number of benzene rings is 1. The van der Waals surface area contributed by atoms with Gasteiger partial charge in [-0.1, -0.05) is 16.9 Å². The molecule has 16 heteroatoms. The molecule has 1 aromatic carbocycles. The van der Waals surface area contributed by atoms with Gasteiger partial charge in [-0.2, -0.15) is 0 Å². The molecule has 5 rings (SSSR count).